The summed E-state index contributed by atoms with van der Waals surface area (Å²) in [5.74, 6) is -1.92. The van der Waals surface area contributed by atoms with Crippen LogP contribution in [0.4, 0.5) is 0 Å². The highest BCUT2D eigenvalue weighted by atomic mass is 35.5. The van der Waals surface area contributed by atoms with Crippen molar-refractivity contribution in [2.75, 3.05) is 0 Å². The molecule has 0 saturated heterocycles. The summed E-state index contributed by atoms with van der Waals surface area (Å²) in [7, 11) is 0. The molecule has 1 unspecified atom stereocenters. The van der Waals surface area contributed by atoms with Crippen LogP contribution < -0.4 is 5.73 Å². The molecule has 0 amide bonds. The highest BCUT2D eigenvalue weighted by Crippen LogP contribution is 2.04. The summed E-state index contributed by atoms with van der Waals surface area (Å²) in [5.41, 5.74) is 5.09. The highest BCUT2D eigenvalue weighted by molar-refractivity contribution is 6.02. The van der Waals surface area contributed by atoms with Crippen LogP contribution in [0.25, 0.3) is 0 Å². The van der Waals surface area contributed by atoms with Gasteiger partial charge in [0.05, 0.1) is 0 Å². The molecule has 0 radical (unpaired) electrons. The van der Waals surface area contributed by atoms with Crippen molar-refractivity contribution < 1.29 is 14.7 Å². The third kappa shape index (κ3) is 3.69. The molecule has 0 aliphatic carbocycles. The number of carbonyl (C=O) groups excluding carboxylic acids is 1. The van der Waals surface area contributed by atoms with E-state index in [2.05, 4.69) is 0 Å². The molecule has 12 heavy (non-hydrogen) atoms. The summed E-state index contributed by atoms with van der Waals surface area (Å²) in [5, 5.41) is 8.35. The summed E-state index contributed by atoms with van der Waals surface area (Å²) in [6.07, 6.45) is 0.625. The standard InChI is InChI=1S/C7H13NO3.ClH/c1-3-4(2)6(9)5(8)7(10)11;/h4-5H,3,8H2,1-2H3,(H,10,11);1H/t4-,5?;/m0./s1. The van der Waals surface area contributed by atoms with Crippen LogP contribution in [-0.4, -0.2) is 22.9 Å². The van der Waals surface area contributed by atoms with E-state index in [1.165, 1.54) is 0 Å². The topological polar surface area (TPSA) is 80.4 Å². The molecule has 4 nitrogen and oxygen atoms in total. The first-order valence-corrected chi connectivity index (χ1v) is 3.52. The van der Waals surface area contributed by atoms with Crippen LogP contribution in [0.3, 0.4) is 0 Å². The largest absolute Gasteiger partial charge is 0.480 e. The maximum absolute atomic E-state index is 11.0. The molecule has 3 N–H and O–H groups in total. The highest BCUT2D eigenvalue weighted by Gasteiger charge is 2.24. The zero-order valence-corrected chi connectivity index (χ0v) is 7.93. The minimum absolute atomic E-state index is 0. The molecule has 0 aromatic heterocycles. The summed E-state index contributed by atoms with van der Waals surface area (Å²) in [6.45, 7) is 3.49. The van der Waals surface area contributed by atoms with Gasteiger partial charge in [0.1, 0.15) is 0 Å². The van der Waals surface area contributed by atoms with Crippen molar-refractivity contribution in [3.05, 3.63) is 0 Å². The molecule has 0 fully saturated rings. The van der Waals surface area contributed by atoms with Crippen molar-refractivity contribution in [1.82, 2.24) is 0 Å². The molecule has 0 heterocycles. The van der Waals surface area contributed by atoms with E-state index in [0.717, 1.165) is 0 Å². The van der Waals surface area contributed by atoms with Gasteiger partial charge in [-0.2, -0.15) is 0 Å². The first-order chi connectivity index (χ1) is 5.00. The van der Waals surface area contributed by atoms with Crippen LogP contribution in [0, 0.1) is 5.92 Å². The predicted molar refractivity (Wildman–Crippen MR) is 47.3 cm³/mol. The monoisotopic (exact) mass is 195 g/mol. The quantitative estimate of drug-likeness (QED) is 0.638. The average Bonchev–Trinajstić information content (AvgIpc) is 2.00. The van der Waals surface area contributed by atoms with E-state index in [9.17, 15) is 9.59 Å². The number of hydrogen-bond donors (Lipinski definition) is 2. The Bertz CT molecular complexity index is 172. The van der Waals surface area contributed by atoms with Crippen molar-refractivity contribution in [3.8, 4) is 0 Å². The van der Waals surface area contributed by atoms with E-state index in [1.807, 2.05) is 6.92 Å². The molecule has 0 aliphatic heterocycles. The smallest absolute Gasteiger partial charge is 0.328 e. The maximum Gasteiger partial charge on any atom is 0.328 e. The summed E-state index contributed by atoms with van der Waals surface area (Å²) < 4.78 is 0. The van der Waals surface area contributed by atoms with Crippen LogP contribution in [0.15, 0.2) is 0 Å². The maximum atomic E-state index is 11.0. The van der Waals surface area contributed by atoms with E-state index in [-0.39, 0.29) is 18.3 Å². The Morgan fingerprint density at radius 3 is 2.17 bits per heavy atom. The lowest BCUT2D eigenvalue weighted by Gasteiger charge is -2.09. The number of carboxylic acid groups (broad SMARTS) is 1. The van der Waals surface area contributed by atoms with Crippen LogP contribution in [0.2, 0.25) is 0 Å². The fraction of sp³-hybridized carbons (Fsp3) is 0.714. The number of carboxylic acids is 1. The van der Waals surface area contributed by atoms with Crippen LogP contribution in [-0.2, 0) is 9.59 Å². The van der Waals surface area contributed by atoms with Crippen molar-refractivity contribution >= 4 is 24.2 Å². The van der Waals surface area contributed by atoms with Crippen molar-refractivity contribution in [1.29, 1.82) is 0 Å². The fourth-order valence-corrected chi connectivity index (χ4v) is 0.629. The first kappa shape index (κ1) is 13.9. The first-order valence-electron chi connectivity index (χ1n) is 3.52. The van der Waals surface area contributed by atoms with E-state index >= 15 is 0 Å². The van der Waals surface area contributed by atoms with Crippen LogP contribution in [0.5, 0.6) is 0 Å². The van der Waals surface area contributed by atoms with E-state index in [1.54, 1.807) is 6.92 Å². The normalized spacial score (nSPS) is 14.2. The molecular weight excluding hydrogens is 182 g/mol. The number of carbonyl (C=O) groups is 2. The zero-order valence-electron chi connectivity index (χ0n) is 7.11. The molecule has 0 saturated carbocycles. The van der Waals surface area contributed by atoms with Gasteiger partial charge in [-0.05, 0) is 6.42 Å². The number of aliphatic carboxylic acids is 1. The van der Waals surface area contributed by atoms with Crippen LogP contribution >= 0.6 is 12.4 Å². The summed E-state index contributed by atoms with van der Waals surface area (Å²) >= 11 is 0. The van der Waals surface area contributed by atoms with Crippen molar-refractivity contribution in [3.63, 3.8) is 0 Å². The second-order valence-electron chi connectivity index (χ2n) is 2.53. The predicted octanol–water partition coefficient (Wildman–Crippen LogP) is 0.435. The number of rotatable bonds is 4. The third-order valence-corrected chi connectivity index (χ3v) is 1.67. The van der Waals surface area contributed by atoms with Crippen molar-refractivity contribution in [2.45, 2.75) is 26.3 Å². The Hall–Kier alpha value is -0.610. The molecule has 0 bridgehead atoms. The lowest BCUT2D eigenvalue weighted by Crippen LogP contribution is -2.41. The molecule has 5 heteroatoms. The molecule has 72 valence electrons. The van der Waals surface area contributed by atoms with Gasteiger partial charge in [-0.1, -0.05) is 13.8 Å². The number of Topliss-reactive ketones (excluding diaryl/α,β-unsaturated/α-hetero) is 1. The Morgan fingerprint density at radius 1 is 1.50 bits per heavy atom. The third-order valence-electron chi connectivity index (χ3n) is 1.67. The molecule has 2 atom stereocenters. The zero-order chi connectivity index (χ0) is 9.02. The molecule has 0 aromatic rings. The molecular formula is C7H14ClNO3. The number of ketones is 1. The van der Waals surface area contributed by atoms with Gasteiger partial charge in [0.2, 0.25) is 0 Å². The van der Waals surface area contributed by atoms with Gasteiger partial charge >= 0.3 is 5.97 Å². The molecule has 0 spiro atoms. The lowest BCUT2D eigenvalue weighted by molar-refractivity contribution is -0.143. The Labute approximate surface area is 77.5 Å². The van der Waals surface area contributed by atoms with Crippen LogP contribution in [0.1, 0.15) is 20.3 Å². The molecule has 0 aliphatic rings. The summed E-state index contributed by atoms with van der Waals surface area (Å²) in [6, 6.07) is -1.36. The summed E-state index contributed by atoms with van der Waals surface area (Å²) in [4.78, 5) is 21.2. The molecule has 0 aromatic carbocycles. The van der Waals surface area contributed by atoms with Gasteiger partial charge < -0.3 is 10.8 Å². The van der Waals surface area contributed by atoms with Gasteiger partial charge in [0, 0.05) is 5.92 Å². The molecule has 0 rings (SSSR count). The van der Waals surface area contributed by atoms with Gasteiger partial charge in [-0.3, -0.25) is 9.59 Å². The van der Waals surface area contributed by atoms with E-state index < -0.39 is 17.8 Å². The van der Waals surface area contributed by atoms with E-state index in [4.69, 9.17) is 10.8 Å². The van der Waals surface area contributed by atoms with Gasteiger partial charge in [0.25, 0.3) is 0 Å². The Morgan fingerprint density at radius 2 is 1.92 bits per heavy atom. The Kier molecular flexibility index (Phi) is 6.94. The fourth-order valence-electron chi connectivity index (χ4n) is 0.629. The minimum Gasteiger partial charge on any atom is -0.480 e. The van der Waals surface area contributed by atoms with Gasteiger partial charge in [-0.25, -0.2) is 0 Å². The van der Waals surface area contributed by atoms with Crippen molar-refractivity contribution in [2.24, 2.45) is 11.7 Å². The lowest BCUT2D eigenvalue weighted by atomic mass is 9.98. The van der Waals surface area contributed by atoms with E-state index in [0.29, 0.717) is 6.42 Å². The number of nitrogens with two attached hydrogens (primary N) is 1. The van der Waals surface area contributed by atoms with Gasteiger partial charge in [-0.15, -0.1) is 12.4 Å². The van der Waals surface area contributed by atoms with Gasteiger partial charge in [0.15, 0.2) is 11.8 Å². The average molecular weight is 196 g/mol. The Balaban J connectivity index is 0. The number of hydrogen-bond acceptors (Lipinski definition) is 3. The minimum atomic E-state index is -1.36. The second-order valence-corrected chi connectivity index (χ2v) is 2.53. The SMILES string of the molecule is CC[C@H](C)C(=O)C(N)C(=O)O.Cl. The second kappa shape index (κ2) is 5.97. The number of halogens is 1.